The number of nitrogens with zero attached hydrogens (tertiary/aromatic N) is 3. The van der Waals surface area contributed by atoms with Gasteiger partial charge in [0, 0.05) is 13.1 Å². The molecule has 1 aromatic heterocycles. The number of piperidine rings is 1. The van der Waals surface area contributed by atoms with Crippen molar-refractivity contribution in [3.05, 3.63) is 36.0 Å². The lowest BCUT2D eigenvalue weighted by Gasteiger charge is -2.31. The van der Waals surface area contributed by atoms with Crippen molar-refractivity contribution in [3.63, 3.8) is 0 Å². The van der Waals surface area contributed by atoms with Gasteiger partial charge >= 0.3 is 0 Å². The van der Waals surface area contributed by atoms with Crippen LogP contribution in [-0.2, 0) is 0 Å². The molecule has 0 saturated carbocycles. The molecule has 6 nitrogen and oxygen atoms in total. The van der Waals surface area contributed by atoms with E-state index >= 15 is 0 Å². The van der Waals surface area contributed by atoms with Gasteiger partial charge < -0.3 is 20.5 Å². The molecule has 1 fully saturated rings. The highest BCUT2D eigenvalue weighted by atomic mass is 16.5. The zero-order valence-corrected chi connectivity index (χ0v) is 12.6. The smallest absolute Gasteiger partial charge is 0.222 e. The molecule has 116 valence electrons. The van der Waals surface area contributed by atoms with E-state index in [0.29, 0.717) is 24.4 Å². The fraction of sp³-hybridized carbons (Fsp3) is 0.375. The molecule has 0 amide bonds. The van der Waals surface area contributed by atoms with E-state index in [-0.39, 0.29) is 12.1 Å². The summed E-state index contributed by atoms with van der Waals surface area (Å²) in [6, 6.07) is 7.81. The molecule has 1 saturated heterocycles. The highest BCUT2D eigenvalue weighted by Crippen LogP contribution is 2.32. The van der Waals surface area contributed by atoms with Crippen LogP contribution in [0.1, 0.15) is 18.4 Å². The van der Waals surface area contributed by atoms with Gasteiger partial charge in [-0.25, -0.2) is 4.98 Å². The first-order chi connectivity index (χ1) is 10.6. The molecule has 0 radical (unpaired) electrons. The van der Waals surface area contributed by atoms with Crippen LogP contribution in [0.25, 0.3) is 0 Å². The average molecular weight is 300 g/mol. The second kappa shape index (κ2) is 6.19. The molecule has 0 bridgehead atoms. The fourth-order valence-corrected chi connectivity index (χ4v) is 2.48. The van der Waals surface area contributed by atoms with Crippen LogP contribution in [0.5, 0.6) is 11.5 Å². The second-order valence-electron chi connectivity index (χ2n) is 5.55. The normalized spacial score (nSPS) is 15.8. The van der Waals surface area contributed by atoms with Crippen molar-refractivity contribution < 1.29 is 9.84 Å². The number of aryl methyl sites for hydroxylation is 1. The number of nitrogens with two attached hydrogens (primary N) is 1. The molecule has 1 aromatic carbocycles. The van der Waals surface area contributed by atoms with Gasteiger partial charge in [-0.05, 0) is 31.9 Å². The van der Waals surface area contributed by atoms with Gasteiger partial charge in [-0.1, -0.05) is 17.7 Å². The number of aromatic nitrogens is 2. The van der Waals surface area contributed by atoms with E-state index in [0.717, 1.165) is 18.8 Å². The fourth-order valence-electron chi connectivity index (χ4n) is 2.48. The lowest BCUT2D eigenvalue weighted by atomic mass is 10.1. The molecular weight excluding hydrogens is 280 g/mol. The summed E-state index contributed by atoms with van der Waals surface area (Å²) < 4.78 is 5.91. The molecular formula is C16H20N4O2. The van der Waals surface area contributed by atoms with Gasteiger partial charge in [0.1, 0.15) is 5.75 Å². The van der Waals surface area contributed by atoms with Crippen LogP contribution in [0.15, 0.2) is 30.5 Å². The van der Waals surface area contributed by atoms with Crippen molar-refractivity contribution in [2.24, 2.45) is 0 Å². The summed E-state index contributed by atoms with van der Waals surface area (Å²) in [5, 5.41) is 9.64. The summed E-state index contributed by atoms with van der Waals surface area (Å²) in [6.07, 6.45) is 2.79. The minimum atomic E-state index is -0.239. The van der Waals surface area contributed by atoms with E-state index in [1.54, 1.807) is 6.20 Å². The third-order valence-corrected chi connectivity index (χ3v) is 3.77. The number of benzene rings is 1. The topological polar surface area (TPSA) is 84.5 Å². The lowest BCUT2D eigenvalue weighted by Crippen LogP contribution is -2.36. The highest BCUT2D eigenvalue weighted by Gasteiger charge is 2.22. The predicted molar refractivity (Wildman–Crippen MR) is 85.2 cm³/mol. The quantitative estimate of drug-likeness (QED) is 0.903. The van der Waals surface area contributed by atoms with E-state index in [4.69, 9.17) is 10.5 Å². The maximum atomic E-state index is 9.64. The molecule has 1 aliphatic rings. The standard InChI is InChI=1S/C16H20N4O2/c1-11-2-4-13(5-3-11)22-14-10-18-16(17)19-15(14)20-8-6-12(21)7-9-20/h2-5,10,12,21H,6-9H2,1H3,(H2,17,18,19). The van der Waals surface area contributed by atoms with Crippen LogP contribution < -0.4 is 15.4 Å². The number of anilines is 2. The zero-order chi connectivity index (χ0) is 15.5. The molecule has 3 N–H and O–H groups in total. The van der Waals surface area contributed by atoms with Crippen LogP contribution >= 0.6 is 0 Å². The van der Waals surface area contributed by atoms with Gasteiger partial charge in [0.05, 0.1) is 12.3 Å². The van der Waals surface area contributed by atoms with Crippen LogP contribution in [-0.4, -0.2) is 34.3 Å². The Kier molecular flexibility index (Phi) is 4.11. The first-order valence-electron chi connectivity index (χ1n) is 7.42. The molecule has 0 spiro atoms. The van der Waals surface area contributed by atoms with Crippen molar-refractivity contribution in [2.75, 3.05) is 23.7 Å². The molecule has 3 rings (SSSR count). The van der Waals surface area contributed by atoms with Gasteiger partial charge in [-0.15, -0.1) is 0 Å². The Morgan fingerprint density at radius 2 is 1.91 bits per heavy atom. The van der Waals surface area contributed by atoms with E-state index < -0.39 is 0 Å². The summed E-state index contributed by atoms with van der Waals surface area (Å²) in [5.74, 6) is 2.21. The van der Waals surface area contributed by atoms with Gasteiger partial charge in [0.25, 0.3) is 0 Å². The van der Waals surface area contributed by atoms with Crippen LogP contribution in [0.4, 0.5) is 11.8 Å². The van der Waals surface area contributed by atoms with Gasteiger partial charge in [0.2, 0.25) is 5.95 Å². The maximum absolute atomic E-state index is 9.64. The Balaban J connectivity index is 1.85. The first-order valence-corrected chi connectivity index (χ1v) is 7.42. The van der Waals surface area contributed by atoms with Crippen molar-refractivity contribution in [2.45, 2.75) is 25.9 Å². The van der Waals surface area contributed by atoms with Crippen molar-refractivity contribution in [1.29, 1.82) is 0 Å². The SMILES string of the molecule is Cc1ccc(Oc2cnc(N)nc2N2CCC(O)CC2)cc1. The molecule has 22 heavy (non-hydrogen) atoms. The van der Waals surface area contributed by atoms with Gasteiger partial charge in [-0.2, -0.15) is 4.98 Å². The van der Waals surface area contributed by atoms with E-state index in [2.05, 4.69) is 14.9 Å². The molecule has 1 aliphatic heterocycles. The molecule has 0 unspecified atom stereocenters. The van der Waals surface area contributed by atoms with Crippen molar-refractivity contribution in [1.82, 2.24) is 9.97 Å². The zero-order valence-electron chi connectivity index (χ0n) is 12.6. The Morgan fingerprint density at radius 1 is 1.23 bits per heavy atom. The number of aliphatic hydroxyl groups is 1. The molecule has 0 aliphatic carbocycles. The summed E-state index contributed by atoms with van der Waals surface area (Å²) in [4.78, 5) is 10.4. The number of hydrogen-bond donors (Lipinski definition) is 2. The van der Waals surface area contributed by atoms with E-state index in [9.17, 15) is 5.11 Å². The largest absolute Gasteiger partial charge is 0.452 e. The Bertz CT molecular complexity index is 637. The number of rotatable bonds is 3. The molecule has 2 aromatic rings. The van der Waals surface area contributed by atoms with Crippen LogP contribution in [0, 0.1) is 6.92 Å². The van der Waals surface area contributed by atoms with E-state index in [1.807, 2.05) is 31.2 Å². The number of hydrogen-bond acceptors (Lipinski definition) is 6. The summed E-state index contributed by atoms with van der Waals surface area (Å²) in [7, 11) is 0. The molecule has 6 heteroatoms. The van der Waals surface area contributed by atoms with Crippen LogP contribution in [0.3, 0.4) is 0 Å². The predicted octanol–water partition coefficient (Wildman–Crippen LogP) is 2.12. The average Bonchev–Trinajstić information content (AvgIpc) is 2.52. The van der Waals surface area contributed by atoms with Crippen LogP contribution in [0.2, 0.25) is 0 Å². The number of nitrogen functional groups attached to an aromatic ring is 1. The summed E-state index contributed by atoms with van der Waals surface area (Å²) in [6.45, 7) is 3.48. The van der Waals surface area contributed by atoms with Gasteiger partial charge in [0.15, 0.2) is 11.6 Å². The second-order valence-corrected chi connectivity index (χ2v) is 5.55. The minimum Gasteiger partial charge on any atom is -0.452 e. The lowest BCUT2D eigenvalue weighted by molar-refractivity contribution is 0.145. The Labute approximate surface area is 129 Å². The number of ether oxygens (including phenoxy) is 1. The summed E-state index contributed by atoms with van der Waals surface area (Å²) >= 11 is 0. The monoisotopic (exact) mass is 300 g/mol. The van der Waals surface area contributed by atoms with Crippen molar-refractivity contribution in [3.8, 4) is 11.5 Å². The minimum absolute atomic E-state index is 0.220. The maximum Gasteiger partial charge on any atom is 0.222 e. The molecule has 0 atom stereocenters. The summed E-state index contributed by atoms with van der Waals surface area (Å²) in [5.41, 5.74) is 6.89. The highest BCUT2D eigenvalue weighted by molar-refractivity contribution is 5.55. The Hall–Kier alpha value is -2.34. The van der Waals surface area contributed by atoms with Crippen molar-refractivity contribution >= 4 is 11.8 Å². The Morgan fingerprint density at radius 3 is 2.59 bits per heavy atom. The number of aliphatic hydroxyl groups excluding tert-OH is 1. The third-order valence-electron chi connectivity index (χ3n) is 3.77. The molecule has 2 heterocycles. The third kappa shape index (κ3) is 3.28. The first kappa shape index (κ1) is 14.6. The van der Waals surface area contributed by atoms with Gasteiger partial charge in [-0.3, -0.25) is 0 Å². The van der Waals surface area contributed by atoms with E-state index in [1.165, 1.54) is 5.56 Å².